The van der Waals surface area contributed by atoms with Crippen molar-refractivity contribution in [2.45, 2.75) is 13.0 Å². The van der Waals surface area contributed by atoms with Crippen molar-refractivity contribution in [2.75, 3.05) is 0 Å². The van der Waals surface area contributed by atoms with Gasteiger partial charge in [0.2, 0.25) is 0 Å². The summed E-state index contributed by atoms with van der Waals surface area (Å²) in [5.41, 5.74) is 7.01. The highest BCUT2D eigenvalue weighted by molar-refractivity contribution is 5.44. The molecule has 2 N–H and O–H groups in total. The van der Waals surface area contributed by atoms with Gasteiger partial charge in [0, 0.05) is 6.04 Å². The number of hydrogen-bond acceptors (Lipinski definition) is 4. The third kappa shape index (κ3) is 2.65. The van der Waals surface area contributed by atoms with E-state index in [4.69, 9.17) is 15.7 Å². The number of nitrogens with two attached hydrogens (primary N) is 1. The van der Waals surface area contributed by atoms with E-state index in [1.54, 1.807) is 30.5 Å². The van der Waals surface area contributed by atoms with Crippen molar-refractivity contribution in [3.8, 4) is 17.6 Å². The molecule has 4 heteroatoms. The quantitative estimate of drug-likeness (QED) is 0.893. The lowest BCUT2D eigenvalue weighted by atomic mass is 10.2. The lowest BCUT2D eigenvalue weighted by molar-refractivity contribution is 0.478. The van der Waals surface area contributed by atoms with Crippen LogP contribution in [0.5, 0.6) is 11.5 Å². The molecule has 0 spiro atoms. The molecule has 0 aliphatic rings. The largest absolute Gasteiger partial charge is 0.454 e. The van der Waals surface area contributed by atoms with Crippen molar-refractivity contribution in [1.82, 2.24) is 4.98 Å². The third-order valence-corrected chi connectivity index (χ3v) is 2.46. The fourth-order valence-electron chi connectivity index (χ4n) is 1.50. The Morgan fingerprint density at radius 1 is 1.28 bits per heavy atom. The molecule has 2 aromatic rings. The first kappa shape index (κ1) is 12.1. The van der Waals surface area contributed by atoms with Gasteiger partial charge < -0.3 is 10.5 Å². The molecule has 2 rings (SSSR count). The summed E-state index contributed by atoms with van der Waals surface area (Å²) in [6, 6.07) is 12.6. The maximum absolute atomic E-state index is 8.95. The van der Waals surface area contributed by atoms with Gasteiger partial charge in [-0.25, -0.2) is 0 Å². The molecule has 18 heavy (non-hydrogen) atoms. The molecule has 0 bridgehead atoms. The van der Waals surface area contributed by atoms with Gasteiger partial charge in [0.15, 0.2) is 0 Å². The van der Waals surface area contributed by atoms with Gasteiger partial charge in [0.25, 0.3) is 0 Å². The van der Waals surface area contributed by atoms with Crippen molar-refractivity contribution in [2.24, 2.45) is 5.73 Å². The van der Waals surface area contributed by atoms with Gasteiger partial charge in [-0.15, -0.1) is 0 Å². The molecule has 90 valence electrons. The van der Waals surface area contributed by atoms with Crippen LogP contribution in [0.4, 0.5) is 0 Å². The van der Waals surface area contributed by atoms with E-state index < -0.39 is 0 Å². The average molecular weight is 239 g/mol. The van der Waals surface area contributed by atoms with E-state index in [9.17, 15) is 0 Å². The lowest BCUT2D eigenvalue weighted by Crippen LogP contribution is -2.06. The molecule has 0 fully saturated rings. The first-order valence-electron chi connectivity index (χ1n) is 5.59. The molecule has 0 saturated carbocycles. The first-order valence-corrected chi connectivity index (χ1v) is 5.59. The van der Waals surface area contributed by atoms with Gasteiger partial charge in [-0.1, -0.05) is 12.1 Å². The van der Waals surface area contributed by atoms with Crippen LogP contribution in [0, 0.1) is 11.3 Å². The van der Waals surface area contributed by atoms with Gasteiger partial charge in [-0.3, -0.25) is 4.98 Å². The minimum absolute atomic E-state index is 0.106. The Morgan fingerprint density at radius 3 is 2.67 bits per heavy atom. The van der Waals surface area contributed by atoms with E-state index in [1.807, 2.05) is 19.1 Å². The summed E-state index contributed by atoms with van der Waals surface area (Å²) >= 11 is 0. The third-order valence-electron chi connectivity index (χ3n) is 2.46. The highest BCUT2D eigenvalue weighted by Crippen LogP contribution is 2.24. The fourth-order valence-corrected chi connectivity index (χ4v) is 1.50. The van der Waals surface area contributed by atoms with Crippen molar-refractivity contribution in [3.63, 3.8) is 0 Å². The summed E-state index contributed by atoms with van der Waals surface area (Å²) in [5, 5.41) is 8.95. The van der Waals surface area contributed by atoms with Crippen LogP contribution in [0.1, 0.15) is 24.2 Å². The number of rotatable bonds is 3. The number of aromatic nitrogens is 1. The second-order valence-corrected chi connectivity index (χ2v) is 3.92. The number of ether oxygens (including phenoxy) is 1. The molecule has 0 amide bonds. The maximum atomic E-state index is 8.95. The number of para-hydroxylation sites is 1. The summed E-state index contributed by atoms with van der Waals surface area (Å²) in [7, 11) is 0. The summed E-state index contributed by atoms with van der Waals surface area (Å²) in [6.45, 7) is 1.87. The van der Waals surface area contributed by atoms with Crippen LogP contribution in [0.3, 0.4) is 0 Å². The number of pyridine rings is 1. The number of nitrogens with zero attached hydrogens (tertiary/aromatic N) is 2. The molecular weight excluding hydrogens is 226 g/mol. The average Bonchev–Trinajstić information content (AvgIpc) is 2.40. The number of hydrogen-bond donors (Lipinski definition) is 1. The Kier molecular flexibility index (Phi) is 3.56. The predicted octanol–water partition coefficient (Wildman–Crippen LogP) is 2.77. The maximum Gasteiger partial charge on any atom is 0.145 e. The summed E-state index contributed by atoms with van der Waals surface area (Å²) in [6.07, 6.45) is 1.60. The van der Waals surface area contributed by atoms with Gasteiger partial charge in [0.05, 0.1) is 17.5 Å². The SMILES string of the molecule is C[C@H](N)c1ccc(Oc2ccccc2C#N)cn1. The second kappa shape index (κ2) is 5.30. The molecular formula is C14H13N3O. The molecule has 0 aliphatic heterocycles. The van der Waals surface area contributed by atoms with Crippen molar-refractivity contribution in [3.05, 3.63) is 53.9 Å². The molecule has 1 aromatic heterocycles. The zero-order chi connectivity index (χ0) is 13.0. The summed E-state index contributed by atoms with van der Waals surface area (Å²) in [5.74, 6) is 1.11. The Hall–Kier alpha value is -2.38. The van der Waals surface area contributed by atoms with E-state index in [0.717, 1.165) is 5.69 Å². The summed E-state index contributed by atoms with van der Waals surface area (Å²) in [4.78, 5) is 4.20. The van der Waals surface area contributed by atoms with Crippen LogP contribution in [0.15, 0.2) is 42.6 Å². The molecule has 1 aromatic carbocycles. The summed E-state index contributed by atoms with van der Waals surface area (Å²) < 4.78 is 5.61. The molecule has 1 heterocycles. The minimum Gasteiger partial charge on any atom is -0.454 e. The monoisotopic (exact) mass is 239 g/mol. The smallest absolute Gasteiger partial charge is 0.145 e. The topological polar surface area (TPSA) is 71.9 Å². The Bertz CT molecular complexity index is 570. The van der Waals surface area contributed by atoms with Gasteiger partial charge in [0.1, 0.15) is 17.6 Å². The predicted molar refractivity (Wildman–Crippen MR) is 68.1 cm³/mol. The van der Waals surface area contributed by atoms with Crippen LogP contribution < -0.4 is 10.5 Å². The second-order valence-electron chi connectivity index (χ2n) is 3.92. The molecule has 1 atom stereocenters. The van der Waals surface area contributed by atoms with E-state index in [0.29, 0.717) is 17.1 Å². The zero-order valence-corrected chi connectivity index (χ0v) is 10.00. The fraction of sp³-hybridized carbons (Fsp3) is 0.143. The van der Waals surface area contributed by atoms with E-state index >= 15 is 0 Å². The van der Waals surface area contributed by atoms with E-state index in [-0.39, 0.29) is 6.04 Å². The Balaban J connectivity index is 2.22. The van der Waals surface area contributed by atoms with Crippen LogP contribution in [0.2, 0.25) is 0 Å². The van der Waals surface area contributed by atoms with E-state index in [2.05, 4.69) is 11.1 Å². The van der Waals surface area contributed by atoms with Crippen LogP contribution in [0.25, 0.3) is 0 Å². The van der Waals surface area contributed by atoms with E-state index in [1.165, 1.54) is 0 Å². The zero-order valence-electron chi connectivity index (χ0n) is 10.00. The van der Waals surface area contributed by atoms with Crippen LogP contribution >= 0.6 is 0 Å². The standard InChI is InChI=1S/C14H13N3O/c1-10(16)13-7-6-12(9-17-13)18-14-5-3-2-4-11(14)8-15/h2-7,9-10H,16H2,1H3/t10-/m0/s1. The molecule has 0 saturated heterocycles. The molecule has 0 unspecified atom stereocenters. The van der Waals surface area contributed by atoms with Crippen LogP contribution in [-0.4, -0.2) is 4.98 Å². The number of benzene rings is 1. The minimum atomic E-state index is -0.106. The van der Waals surface area contributed by atoms with Gasteiger partial charge in [-0.2, -0.15) is 5.26 Å². The number of nitriles is 1. The van der Waals surface area contributed by atoms with Crippen molar-refractivity contribution < 1.29 is 4.74 Å². The molecule has 0 aliphatic carbocycles. The lowest BCUT2D eigenvalue weighted by Gasteiger charge is -2.08. The molecule has 4 nitrogen and oxygen atoms in total. The van der Waals surface area contributed by atoms with Crippen molar-refractivity contribution >= 4 is 0 Å². The normalized spacial score (nSPS) is 11.6. The highest BCUT2D eigenvalue weighted by Gasteiger charge is 2.05. The van der Waals surface area contributed by atoms with Crippen LogP contribution in [-0.2, 0) is 0 Å². The van der Waals surface area contributed by atoms with Crippen molar-refractivity contribution in [1.29, 1.82) is 5.26 Å². The molecule has 0 radical (unpaired) electrons. The highest BCUT2D eigenvalue weighted by atomic mass is 16.5. The van der Waals surface area contributed by atoms with Gasteiger partial charge >= 0.3 is 0 Å². The Morgan fingerprint density at radius 2 is 2.06 bits per heavy atom. The van der Waals surface area contributed by atoms with Gasteiger partial charge in [-0.05, 0) is 31.2 Å². The Labute approximate surface area is 106 Å². The first-order chi connectivity index (χ1) is 8.70.